The normalized spacial score (nSPS) is 44.6. The van der Waals surface area contributed by atoms with Crippen molar-refractivity contribution < 1.29 is 9.90 Å². The van der Waals surface area contributed by atoms with E-state index >= 15 is 0 Å². The van der Waals surface area contributed by atoms with Gasteiger partial charge in [0.15, 0.2) is 5.78 Å². The Bertz CT molecular complexity index is 748. The molecule has 0 heterocycles. The van der Waals surface area contributed by atoms with Gasteiger partial charge in [-0.1, -0.05) is 59.3 Å². The van der Waals surface area contributed by atoms with Crippen LogP contribution in [-0.2, 0) is 4.79 Å². The zero-order chi connectivity index (χ0) is 22.6. The molecule has 0 saturated heterocycles. The van der Waals surface area contributed by atoms with Crippen molar-refractivity contribution in [2.24, 2.45) is 52.3 Å². The molecule has 174 valence electrons. The highest BCUT2D eigenvalue weighted by molar-refractivity contribution is 5.91. The highest BCUT2D eigenvalue weighted by Crippen LogP contribution is 2.67. The van der Waals surface area contributed by atoms with Crippen LogP contribution in [0.3, 0.4) is 0 Å². The van der Waals surface area contributed by atoms with Crippen LogP contribution < -0.4 is 0 Å². The molecule has 0 aliphatic heterocycles. The van der Waals surface area contributed by atoms with Crippen molar-refractivity contribution in [3.63, 3.8) is 0 Å². The third kappa shape index (κ3) is 3.79. The first kappa shape index (κ1) is 23.3. The predicted molar refractivity (Wildman–Crippen MR) is 129 cm³/mol. The molecule has 3 fully saturated rings. The van der Waals surface area contributed by atoms with Crippen LogP contribution in [0.2, 0.25) is 0 Å². The van der Waals surface area contributed by atoms with E-state index in [1.54, 1.807) is 0 Å². The molecular weight excluding hydrogens is 380 g/mol. The molecule has 0 aromatic heterocycles. The third-order valence-electron chi connectivity index (χ3n) is 10.7. The van der Waals surface area contributed by atoms with Gasteiger partial charge in [0.1, 0.15) is 0 Å². The summed E-state index contributed by atoms with van der Waals surface area (Å²) < 4.78 is 0. The maximum atomic E-state index is 12.1. The Labute approximate surface area is 191 Å². The third-order valence-corrected chi connectivity index (χ3v) is 10.7. The van der Waals surface area contributed by atoms with Gasteiger partial charge in [-0.3, -0.25) is 4.79 Å². The first-order valence-corrected chi connectivity index (χ1v) is 13.2. The van der Waals surface area contributed by atoms with Crippen molar-refractivity contribution in [3.8, 4) is 0 Å². The quantitative estimate of drug-likeness (QED) is 0.481. The number of hydrogen-bond donors (Lipinski definition) is 1. The van der Waals surface area contributed by atoms with Gasteiger partial charge in [-0.25, -0.2) is 0 Å². The van der Waals surface area contributed by atoms with E-state index in [2.05, 4.69) is 53.7 Å². The molecule has 1 unspecified atom stereocenters. The minimum atomic E-state index is -0.269. The standard InChI is InChI=1S/C29H46O2/c1-7-20(18(2)3)9-8-19(4)23-10-11-24-27-25(13-15-29(23,24)6)28(5)14-12-22(30)16-21(28)17-26(27)31/h8-9,16,18-20,23-27,31H,7,10-15,17H2,1-6H3/b9-8+/t19-,20?,23-,24+,25+,26+,27+,28+,29-/m1/s1. The number of aliphatic hydroxyl groups excluding tert-OH is 1. The van der Waals surface area contributed by atoms with E-state index < -0.39 is 0 Å². The molecule has 0 aromatic carbocycles. The summed E-state index contributed by atoms with van der Waals surface area (Å²) in [4.78, 5) is 12.1. The SMILES string of the molecule is CCC(/C=C/[C@@H](C)[C@H]1CC[C@H]2[C@@H]3[C@@H](O)CC4=CC(=O)CC[C@]4(C)[C@H]3CC[C@]12C)C(C)C. The van der Waals surface area contributed by atoms with E-state index in [4.69, 9.17) is 0 Å². The average Bonchev–Trinajstić information content (AvgIpc) is 3.06. The summed E-state index contributed by atoms with van der Waals surface area (Å²) in [5.74, 6) is 4.58. The van der Waals surface area contributed by atoms with E-state index in [9.17, 15) is 9.90 Å². The molecule has 0 bridgehead atoms. The smallest absolute Gasteiger partial charge is 0.155 e. The molecule has 4 aliphatic carbocycles. The lowest BCUT2D eigenvalue weighted by Crippen LogP contribution is -2.55. The highest BCUT2D eigenvalue weighted by Gasteiger charge is 2.61. The number of fused-ring (bicyclic) bond motifs is 5. The number of rotatable bonds is 5. The number of ketones is 1. The molecule has 0 aromatic rings. The van der Waals surface area contributed by atoms with Gasteiger partial charge in [-0.05, 0) is 103 Å². The van der Waals surface area contributed by atoms with E-state index in [-0.39, 0.29) is 17.3 Å². The molecule has 9 atom stereocenters. The molecule has 0 amide bonds. The Morgan fingerprint density at radius 2 is 1.84 bits per heavy atom. The lowest BCUT2D eigenvalue weighted by atomic mass is 9.46. The lowest BCUT2D eigenvalue weighted by Gasteiger charge is -2.59. The van der Waals surface area contributed by atoms with Crippen LogP contribution in [0.1, 0.15) is 92.9 Å². The van der Waals surface area contributed by atoms with Crippen LogP contribution in [0.15, 0.2) is 23.8 Å². The molecule has 0 radical (unpaired) electrons. The fraction of sp³-hybridized carbons (Fsp3) is 0.828. The maximum absolute atomic E-state index is 12.1. The number of carbonyl (C=O) groups excluding carboxylic acids is 1. The maximum Gasteiger partial charge on any atom is 0.155 e. The van der Waals surface area contributed by atoms with Crippen LogP contribution in [0, 0.1) is 52.3 Å². The van der Waals surface area contributed by atoms with Gasteiger partial charge in [0.2, 0.25) is 0 Å². The summed E-state index contributed by atoms with van der Waals surface area (Å²) in [6.45, 7) is 14.4. The Kier molecular flexibility index (Phi) is 6.36. The Balaban J connectivity index is 1.56. The van der Waals surface area contributed by atoms with Crippen molar-refractivity contribution in [2.75, 3.05) is 0 Å². The zero-order valence-electron chi connectivity index (χ0n) is 20.9. The monoisotopic (exact) mass is 426 g/mol. The van der Waals surface area contributed by atoms with Gasteiger partial charge < -0.3 is 5.11 Å². The number of hydrogen-bond acceptors (Lipinski definition) is 2. The Hall–Kier alpha value is -0.890. The molecule has 4 aliphatic rings. The van der Waals surface area contributed by atoms with E-state index in [0.717, 1.165) is 18.8 Å². The minimum absolute atomic E-state index is 0.133. The van der Waals surface area contributed by atoms with Gasteiger partial charge in [0, 0.05) is 6.42 Å². The van der Waals surface area contributed by atoms with Crippen molar-refractivity contribution in [3.05, 3.63) is 23.8 Å². The molecule has 1 N–H and O–H groups in total. The number of aliphatic hydroxyl groups is 1. The van der Waals surface area contributed by atoms with E-state index in [1.165, 1.54) is 37.7 Å². The van der Waals surface area contributed by atoms with Gasteiger partial charge in [0.05, 0.1) is 6.10 Å². The lowest BCUT2D eigenvalue weighted by molar-refractivity contribution is -0.124. The fourth-order valence-corrected chi connectivity index (χ4v) is 8.71. The summed E-state index contributed by atoms with van der Waals surface area (Å²) in [5, 5.41) is 11.3. The first-order chi connectivity index (χ1) is 14.6. The molecule has 2 heteroatoms. The predicted octanol–water partition coefficient (Wildman–Crippen LogP) is 6.98. The van der Waals surface area contributed by atoms with Gasteiger partial charge in [-0.15, -0.1) is 0 Å². The second kappa shape index (κ2) is 8.47. The molecule has 0 spiro atoms. The minimum Gasteiger partial charge on any atom is -0.392 e. The van der Waals surface area contributed by atoms with Crippen LogP contribution >= 0.6 is 0 Å². The summed E-state index contributed by atoms with van der Waals surface area (Å²) in [5.41, 5.74) is 1.73. The highest BCUT2D eigenvalue weighted by atomic mass is 16.3. The average molecular weight is 427 g/mol. The molecule has 2 nitrogen and oxygen atoms in total. The zero-order valence-corrected chi connectivity index (χ0v) is 20.9. The topological polar surface area (TPSA) is 37.3 Å². The summed E-state index contributed by atoms with van der Waals surface area (Å²) in [6, 6.07) is 0. The van der Waals surface area contributed by atoms with Gasteiger partial charge >= 0.3 is 0 Å². The van der Waals surface area contributed by atoms with Crippen molar-refractivity contribution >= 4 is 5.78 Å². The van der Waals surface area contributed by atoms with E-state index in [0.29, 0.717) is 47.3 Å². The Morgan fingerprint density at radius 3 is 2.52 bits per heavy atom. The second-order valence-electron chi connectivity index (χ2n) is 12.4. The van der Waals surface area contributed by atoms with Crippen LogP contribution in [0.4, 0.5) is 0 Å². The van der Waals surface area contributed by atoms with Gasteiger partial charge in [0.25, 0.3) is 0 Å². The number of carbonyl (C=O) groups is 1. The molecular formula is C29H46O2. The second-order valence-corrected chi connectivity index (χ2v) is 12.4. The van der Waals surface area contributed by atoms with Crippen LogP contribution in [0.25, 0.3) is 0 Å². The largest absolute Gasteiger partial charge is 0.392 e. The van der Waals surface area contributed by atoms with Crippen molar-refractivity contribution in [1.82, 2.24) is 0 Å². The summed E-state index contributed by atoms with van der Waals surface area (Å²) >= 11 is 0. The summed E-state index contributed by atoms with van der Waals surface area (Å²) in [7, 11) is 0. The van der Waals surface area contributed by atoms with Crippen molar-refractivity contribution in [1.29, 1.82) is 0 Å². The molecule has 4 rings (SSSR count). The molecule has 3 saturated carbocycles. The van der Waals surface area contributed by atoms with Crippen molar-refractivity contribution in [2.45, 2.75) is 99.0 Å². The van der Waals surface area contributed by atoms with Crippen LogP contribution in [-0.4, -0.2) is 17.0 Å². The van der Waals surface area contributed by atoms with E-state index in [1.807, 2.05) is 6.08 Å². The fourth-order valence-electron chi connectivity index (χ4n) is 8.71. The van der Waals surface area contributed by atoms with Crippen LogP contribution in [0.5, 0.6) is 0 Å². The first-order valence-electron chi connectivity index (χ1n) is 13.2. The van der Waals surface area contributed by atoms with Gasteiger partial charge in [-0.2, -0.15) is 0 Å². The Morgan fingerprint density at radius 1 is 1.10 bits per heavy atom. The molecule has 31 heavy (non-hydrogen) atoms. The summed E-state index contributed by atoms with van der Waals surface area (Å²) in [6.07, 6.45) is 15.4. The number of allylic oxidation sites excluding steroid dienone is 2.